The highest BCUT2D eigenvalue weighted by Gasteiger charge is 2.21. The van der Waals surface area contributed by atoms with Crippen molar-refractivity contribution >= 4 is 18.3 Å². The molecule has 1 aromatic carbocycles. The first-order chi connectivity index (χ1) is 12.7. The van der Waals surface area contributed by atoms with Gasteiger partial charge in [-0.2, -0.15) is 5.10 Å². The molecular weight excluding hydrogens is 373 g/mol. The van der Waals surface area contributed by atoms with Crippen molar-refractivity contribution < 1.29 is 13.6 Å². The molecule has 1 aliphatic heterocycles. The molecule has 0 atom stereocenters. The van der Waals surface area contributed by atoms with E-state index in [1.807, 2.05) is 0 Å². The van der Waals surface area contributed by atoms with Crippen molar-refractivity contribution in [3.63, 3.8) is 0 Å². The summed E-state index contributed by atoms with van der Waals surface area (Å²) in [4.78, 5) is 16.7. The number of hydrogen-bond donors (Lipinski definition) is 3. The molecule has 1 amide bonds. The van der Waals surface area contributed by atoms with Gasteiger partial charge in [0.1, 0.15) is 12.1 Å². The molecule has 3 N–H and O–H groups in total. The third-order valence-electron chi connectivity index (χ3n) is 4.33. The van der Waals surface area contributed by atoms with E-state index in [1.165, 1.54) is 12.1 Å². The second kappa shape index (κ2) is 8.32. The van der Waals surface area contributed by atoms with Gasteiger partial charge in [0.25, 0.3) is 5.91 Å². The summed E-state index contributed by atoms with van der Waals surface area (Å²) < 4.78 is 18.4. The van der Waals surface area contributed by atoms with E-state index in [1.54, 1.807) is 18.4 Å². The van der Waals surface area contributed by atoms with E-state index in [4.69, 9.17) is 4.42 Å². The third kappa shape index (κ3) is 4.17. The normalized spacial score (nSPS) is 12.9. The first-order valence-corrected chi connectivity index (χ1v) is 8.46. The number of fused-ring (bicyclic) bond motifs is 1. The minimum Gasteiger partial charge on any atom is -0.444 e. The molecule has 3 heterocycles. The summed E-state index contributed by atoms with van der Waals surface area (Å²) in [5.41, 5.74) is 3.83. The van der Waals surface area contributed by atoms with Crippen LogP contribution in [0.5, 0.6) is 0 Å². The van der Waals surface area contributed by atoms with Crippen LogP contribution in [0.2, 0.25) is 0 Å². The molecule has 0 fully saturated rings. The Labute approximate surface area is 161 Å². The highest BCUT2D eigenvalue weighted by molar-refractivity contribution is 5.94. The van der Waals surface area contributed by atoms with Gasteiger partial charge in [0.15, 0.2) is 5.69 Å². The molecule has 9 heteroatoms. The lowest BCUT2D eigenvalue weighted by Crippen LogP contribution is -2.29. The Morgan fingerprint density at radius 1 is 1.30 bits per heavy atom. The number of nitrogens with zero attached hydrogens (tertiary/aromatic N) is 2. The molecule has 4 rings (SSSR count). The second-order valence-corrected chi connectivity index (χ2v) is 6.11. The average Bonchev–Trinajstić information content (AvgIpc) is 3.29. The number of carbonyl (C=O) groups excluding carboxylic acids is 1. The fraction of sp³-hybridized carbons (Fsp3) is 0.278. The average molecular weight is 392 g/mol. The quantitative estimate of drug-likeness (QED) is 0.620. The van der Waals surface area contributed by atoms with E-state index < -0.39 is 0 Å². The highest BCUT2D eigenvalue weighted by Crippen LogP contribution is 2.19. The molecule has 0 aliphatic carbocycles. The van der Waals surface area contributed by atoms with Gasteiger partial charge in [-0.15, -0.1) is 12.4 Å². The van der Waals surface area contributed by atoms with Gasteiger partial charge in [-0.1, -0.05) is 0 Å². The predicted molar refractivity (Wildman–Crippen MR) is 99.2 cm³/mol. The summed E-state index contributed by atoms with van der Waals surface area (Å²) in [6, 6.07) is 5.95. The van der Waals surface area contributed by atoms with Crippen molar-refractivity contribution in [3.8, 4) is 11.5 Å². The molecule has 0 radical (unpaired) electrons. The number of benzene rings is 1. The van der Waals surface area contributed by atoms with Crippen molar-refractivity contribution in [2.24, 2.45) is 0 Å². The van der Waals surface area contributed by atoms with E-state index in [9.17, 15) is 9.18 Å². The Morgan fingerprint density at radius 3 is 2.93 bits per heavy atom. The Kier molecular flexibility index (Phi) is 5.88. The smallest absolute Gasteiger partial charge is 0.272 e. The van der Waals surface area contributed by atoms with Crippen LogP contribution in [0.15, 0.2) is 34.9 Å². The number of nitrogens with one attached hydrogen (secondary N) is 3. The van der Waals surface area contributed by atoms with E-state index >= 15 is 0 Å². The molecule has 0 saturated carbocycles. The molecule has 0 bridgehead atoms. The van der Waals surface area contributed by atoms with Gasteiger partial charge in [0.05, 0.1) is 5.69 Å². The van der Waals surface area contributed by atoms with Gasteiger partial charge >= 0.3 is 0 Å². The van der Waals surface area contributed by atoms with Crippen molar-refractivity contribution in [2.75, 3.05) is 13.1 Å². The number of hydrogen-bond acceptors (Lipinski definition) is 5. The van der Waals surface area contributed by atoms with Crippen molar-refractivity contribution in [1.82, 2.24) is 25.8 Å². The number of H-pyrrole nitrogens is 1. The maximum Gasteiger partial charge on any atom is 0.272 e. The molecule has 2 aromatic heterocycles. The topological polar surface area (TPSA) is 95.8 Å². The fourth-order valence-electron chi connectivity index (χ4n) is 2.95. The minimum absolute atomic E-state index is 0. The molecule has 0 unspecified atom stereocenters. The zero-order chi connectivity index (χ0) is 17.9. The van der Waals surface area contributed by atoms with Crippen LogP contribution >= 0.6 is 12.4 Å². The summed E-state index contributed by atoms with van der Waals surface area (Å²) in [5.74, 6) is -0.0776. The molecule has 3 aromatic rings. The fourth-order valence-corrected chi connectivity index (χ4v) is 2.95. The lowest BCUT2D eigenvalue weighted by molar-refractivity contribution is 0.0948. The van der Waals surface area contributed by atoms with Crippen LogP contribution in [0.1, 0.15) is 27.4 Å². The zero-order valence-corrected chi connectivity index (χ0v) is 15.2. The largest absolute Gasteiger partial charge is 0.444 e. The lowest BCUT2D eigenvalue weighted by atomic mass is 10.1. The van der Waals surface area contributed by atoms with Crippen molar-refractivity contribution in [2.45, 2.75) is 19.4 Å². The summed E-state index contributed by atoms with van der Waals surface area (Å²) in [6.45, 7) is 1.96. The van der Waals surface area contributed by atoms with E-state index in [0.717, 1.165) is 29.9 Å². The van der Waals surface area contributed by atoms with E-state index in [-0.39, 0.29) is 24.1 Å². The third-order valence-corrected chi connectivity index (χ3v) is 4.33. The van der Waals surface area contributed by atoms with E-state index in [2.05, 4.69) is 25.8 Å². The summed E-state index contributed by atoms with van der Waals surface area (Å²) in [7, 11) is 0. The summed E-state index contributed by atoms with van der Waals surface area (Å²) in [5, 5.41) is 13.2. The zero-order valence-electron chi connectivity index (χ0n) is 14.4. The Morgan fingerprint density at radius 2 is 2.11 bits per heavy atom. The van der Waals surface area contributed by atoms with Crippen LogP contribution in [0, 0.1) is 5.82 Å². The lowest BCUT2D eigenvalue weighted by Gasteiger charge is -2.12. The molecule has 27 heavy (non-hydrogen) atoms. The maximum atomic E-state index is 13.0. The van der Waals surface area contributed by atoms with Crippen molar-refractivity contribution in [1.29, 1.82) is 0 Å². The monoisotopic (exact) mass is 391 g/mol. The van der Waals surface area contributed by atoms with Gasteiger partial charge in [-0.25, -0.2) is 9.37 Å². The van der Waals surface area contributed by atoms with Crippen LogP contribution in [0.4, 0.5) is 4.39 Å². The highest BCUT2D eigenvalue weighted by atomic mass is 35.5. The first-order valence-electron chi connectivity index (χ1n) is 8.46. The van der Waals surface area contributed by atoms with E-state index in [0.29, 0.717) is 36.7 Å². The minimum atomic E-state index is -0.306. The van der Waals surface area contributed by atoms with Gasteiger partial charge in [0, 0.05) is 49.3 Å². The van der Waals surface area contributed by atoms with Crippen LogP contribution in [0.3, 0.4) is 0 Å². The number of carbonyl (C=O) groups is 1. The summed E-state index contributed by atoms with van der Waals surface area (Å²) in [6.07, 6.45) is 2.92. The Balaban J connectivity index is 0.00000210. The molecular formula is C18H19ClFN5O2. The number of oxazole rings is 1. The Bertz CT molecular complexity index is 922. The van der Waals surface area contributed by atoms with Gasteiger partial charge < -0.3 is 15.1 Å². The molecule has 1 aliphatic rings. The number of halogens is 2. The van der Waals surface area contributed by atoms with Crippen molar-refractivity contribution in [3.05, 3.63) is 59.0 Å². The molecule has 7 nitrogen and oxygen atoms in total. The van der Waals surface area contributed by atoms with Gasteiger partial charge in [-0.3, -0.25) is 9.89 Å². The summed E-state index contributed by atoms with van der Waals surface area (Å²) >= 11 is 0. The molecule has 0 saturated heterocycles. The van der Waals surface area contributed by atoms with Crippen LogP contribution in [-0.2, 0) is 19.4 Å². The van der Waals surface area contributed by atoms with Crippen LogP contribution in [-0.4, -0.2) is 34.2 Å². The SMILES string of the molecule is Cl.O=C(NCCc1coc(-c2ccc(F)cc2)n1)c1n[nH]c2c1CNCC2. The van der Waals surface area contributed by atoms with Gasteiger partial charge in [-0.05, 0) is 24.3 Å². The molecule has 142 valence electrons. The van der Waals surface area contributed by atoms with Crippen LogP contribution < -0.4 is 10.6 Å². The first kappa shape index (κ1) is 19.1. The number of aromatic nitrogens is 3. The number of rotatable bonds is 5. The molecule has 0 spiro atoms. The number of amides is 1. The van der Waals surface area contributed by atoms with Gasteiger partial charge in [0.2, 0.25) is 5.89 Å². The van der Waals surface area contributed by atoms with Crippen LogP contribution in [0.25, 0.3) is 11.5 Å². The maximum absolute atomic E-state index is 13.0. The Hall–Kier alpha value is -2.71. The standard InChI is InChI=1S/C18H18FN5O2.ClH/c19-12-3-1-11(2-4-12)18-22-13(10-26-18)5-8-21-17(25)16-14-9-20-7-6-15(14)23-24-16;/h1-4,10,20H,5-9H2,(H,21,25)(H,23,24);1H. The number of aromatic amines is 1. The predicted octanol–water partition coefficient (Wildman–Crippen LogP) is 2.24. The second-order valence-electron chi connectivity index (χ2n) is 6.11.